The number of carbonyl (C=O) groups is 5. The molecular formula is C44H48N12O5. The maximum atomic E-state index is 13.2. The Labute approximate surface area is 352 Å². The molecule has 5 aliphatic heterocycles. The van der Waals surface area contributed by atoms with Gasteiger partial charge in [0.1, 0.15) is 17.0 Å². The lowest BCUT2D eigenvalue weighted by Crippen LogP contribution is -2.56. The van der Waals surface area contributed by atoms with Crippen LogP contribution in [0.4, 0.5) is 16.2 Å². The number of hydrogen-bond donors (Lipinski definition) is 3. The Hall–Kier alpha value is -6.59. The summed E-state index contributed by atoms with van der Waals surface area (Å²) in [4.78, 5) is 74.8. The largest absolute Gasteiger partial charge is 0.371 e. The Morgan fingerprint density at radius 3 is 2.43 bits per heavy atom. The average molecular weight is 825 g/mol. The molecule has 0 bridgehead atoms. The fourth-order valence-corrected chi connectivity index (χ4v) is 9.45. The number of urea groups is 1. The Morgan fingerprint density at radius 1 is 0.852 bits per heavy atom. The first kappa shape index (κ1) is 38.6. The number of benzene rings is 2. The number of piperidine rings is 1. The first-order chi connectivity index (χ1) is 29.6. The van der Waals surface area contributed by atoms with Crippen molar-refractivity contribution in [2.45, 2.75) is 57.9 Å². The molecule has 5 aromatic rings. The van der Waals surface area contributed by atoms with Crippen LogP contribution in [-0.4, -0.2) is 127 Å². The minimum absolute atomic E-state index is 0.0336. The lowest BCUT2D eigenvalue weighted by atomic mass is 10.0. The van der Waals surface area contributed by atoms with Crippen LogP contribution < -0.4 is 20.9 Å². The van der Waals surface area contributed by atoms with Crippen molar-refractivity contribution in [3.63, 3.8) is 0 Å². The van der Waals surface area contributed by atoms with Gasteiger partial charge in [0.2, 0.25) is 5.91 Å². The molecule has 3 saturated heterocycles. The first-order valence-electron chi connectivity index (χ1n) is 21.1. The molecule has 3 fully saturated rings. The minimum atomic E-state index is -0.547. The Balaban J connectivity index is 0.673. The predicted octanol–water partition coefficient (Wildman–Crippen LogP) is 3.44. The van der Waals surface area contributed by atoms with Crippen LogP contribution in [0, 0.1) is 0 Å². The minimum Gasteiger partial charge on any atom is -0.371 e. The zero-order chi connectivity index (χ0) is 41.8. The number of nitrogens with zero attached hydrogens (tertiary/aromatic N) is 9. The molecule has 0 radical (unpaired) electrons. The summed E-state index contributed by atoms with van der Waals surface area (Å²) in [6.07, 6.45) is 5.87. The van der Waals surface area contributed by atoms with Crippen LogP contribution in [0.1, 0.15) is 80.3 Å². The second-order valence-corrected chi connectivity index (χ2v) is 16.7. The van der Waals surface area contributed by atoms with Gasteiger partial charge in [-0.25, -0.2) is 19.8 Å². The smallest absolute Gasteiger partial charge is 0.342 e. The van der Waals surface area contributed by atoms with Gasteiger partial charge in [-0.15, -0.1) is 0 Å². The summed E-state index contributed by atoms with van der Waals surface area (Å²) < 4.78 is 3.70. The lowest BCUT2D eigenvalue weighted by Gasteiger charge is -2.43. The molecule has 6 amide bonds. The number of pyridine rings is 1. The summed E-state index contributed by atoms with van der Waals surface area (Å²) in [6, 6.07) is 20.0. The maximum absolute atomic E-state index is 13.2. The Morgan fingerprint density at radius 2 is 1.64 bits per heavy atom. The number of piperazine rings is 1. The molecule has 17 heteroatoms. The third-order valence-corrected chi connectivity index (χ3v) is 12.8. The zero-order valence-corrected chi connectivity index (χ0v) is 34.0. The van der Waals surface area contributed by atoms with Crippen LogP contribution >= 0.6 is 0 Å². The fourth-order valence-electron chi connectivity index (χ4n) is 9.45. The van der Waals surface area contributed by atoms with E-state index in [2.05, 4.69) is 71.1 Å². The van der Waals surface area contributed by atoms with E-state index in [1.54, 1.807) is 12.3 Å². The molecule has 17 nitrogen and oxygen atoms in total. The number of nitrogens with one attached hydrogen (secondary N) is 3. The number of hydrazine groups is 1. The zero-order valence-electron chi connectivity index (χ0n) is 34.0. The summed E-state index contributed by atoms with van der Waals surface area (Å²) in [7, 11) is 0. The van der Waals surface area contributed by atoms with Crippen molar-refractivity contribution in [2.24, 2.45) is 0 Å². The van der Waals surface area contributed by atoms with E-state index in [4.69, 9.17) is 0 Å². The van der Waals surface area contributed by atoms with E-state index in [0.29, 0.717) is 48.3 Å². The normalized spacial score (nSPS) is 20.2. The van der Waals surface area contributed by atoms with Crippen LogP contribution in [-0.2, 0) is 24.4 Å². The molecule has 0 spiro atoms. The Bertz CT molecular complexity index is 2550. The van der Waals surface area contributed by atoms with Crippen LogP contribution in [0.5, 0.6) is 0 Å². The highest BCUT2D eigenvalue weighted by Gasteiger charge is 2.37. The molecule has 0 saturated carbocycles. The van der Waals surface area contributed by atoms with Crippen molar-refractivity contribution >= 4 is 52.1 Å². The predicted molar refractivity (Wildman–Crippen MR) is 226 cm³/mol. The first-order valence-corrected chi connectivity index (χ1v) is 21.1. The molecular weight excluding hydrogens is 777 g/mol. The van der Waals surface area contributed by atoms with E-state index < -0.39 is 6.03 Å². The van der Waals surface area contributed by atoms with Crippen molar-refractivity contribution < 1.29 is 24.0 Å². The van der Waals surface area contributed by atoms with Crippen molar-refractivity contribution in [3.8, 4) is 0 Å². The quantitative estimate of drug-likeness (QED) is 0.200. The highest BCUT2D eigenvalue weighted by molar-refractivity contribution is 6.05. The van der Waals surface area contributed by atoms with Gasteiger partial charge in [-0.3, -0.25) is 39.0 Å². The monoisotopic (exact) mass is 824 g/mol. The molecule has 8 heterocycles. The summed E-state index contributed by atoms with van der Waals surface area (Å²) in [5, 5.41) is 16.2. The van der Waals surface area contributed by atoms with Crippen LogP contribution in [0.2, 0.25) is 0 Å². The molecule has 5 aliphatic rings. The van der Waals surface area contributed by atoms with Gasteiger partial charge in [-0.2, -0.15) is 5.10 Å². The number of hydrogen-bond acceptors (Lipinski definition) is 10. The van der Waals surface area contributed by atoms with E-state index in [9.17, 15) is 24.0 Å². The van der Waals surface area contributed by atoms with Crippen molar-refractivity contribution in [3.05, 3.63) is 107 Å². The molecule has 3 N–H and O–H groups in total. The van der Waals surface area contributed by atoms with Gasteiger partial charge in [0, 0.05) is 87.7 Å². The van der Waals surface area contributed by atoms with Crippen LogP contribution in [0.25, 0.3) is 11.0 Å². The SMILES string of the molecule is C[C@@H]1CNC(=O)c2cc3ccc(C(=O)Nc4cnn(Cc5ccc(N6CCC(N7CCN(Cc8ccc9c(c8)CN(N8CCC(=O)NC8=O)C9=O)CC7)CC6)cc5)c4)nc3n21. The van der Waals surface area contributed by atoms with Crippen molar-refractivity contribution in [1.82, 2.24) is 49.8 Å². The van der Waals surface area contributed by atoms with Crippen molar-refractivity contribution in [1.29, 1.82) is 0 Å². The molecule has 0 unspecified atom stereocenters. The number of fused-ring (bicyclic) bond motifs is 4. The van der Waals surface area contributed by atoms with Gasteiger partial charge in [0.25, 0.3) is 17.7 Å². The summed E-state index contributed by atoms with van der Waals surface area (Å²) >= 11 is 0. The average Bonchev–Trinajstić information content (AvgIpc) is 3.98. The van der Waals surface area contributed by atoms with Gasteiger partial charge in [0.05, 0.1) is 37.6 Å². The molecule has 1 atom stereocenters. The standard InChI is InChI=1S/C44H48N12O5/c1-28-22-45-42(59)38-21-31-5-9-37(48-40(31)56(28)38)41(58)47-33-23-46-53(27-33)25-29-2-6-34(7-3-29)51-13-10-35(11-14-51)52-18-16-50(17-19-52)24-30-4-8-36-32(20-30)26-55(43(36)60)54-15-12-39(57)49-44(54)61/h2-9,20-21,23,27-28,35H,10-19,22,24-26H2,1H3,(H,45,59)(H,47,58)(H,49,57,61)/t28-/m1/s1. The highest BCUT2D eigenvalue weighted by atomic mass is 16.2. The van der Waals surface area contributed by atoms with Gasteiger partial charge in [-0.1, -0.05) is 24.3 Å². The van der Waals surface area contributed by atoms with E-state index in [0.717, 1.165) is 80.7 Å². The molecule has 61 heavy (non-hydrogen) atoms. The molecule has 314 valence electrons. The van der Waals surface area contributed by atoms with E-state index >= 15 is 0 Å². The number of amides is 6. The van der Waals surface area contributed by atoms with Crippen LogP contribution in [0.3, 0.4) is 0 Å². The maximum Gasteiger partial charge on any atom is 0.342 e. The number of aromatic nitrogens is 4. The van der Waals surface area contributed by atoms with Gasteiger partial charge in [-0.05, 0) is 72.9 Å². The summed E-state index contributed by atoms with van der Waals surface area (Å²) in [5.41, 5.74) is 7.04. The highest BCUT2D eigenvalue weighted by Crippen LogP contribution is 2.29. The van der Waals surface area contributed by atoms with E-state index in [1.165, 1.54) is 15.7 Å². The molecule has 0 aliphatic carbocycles. The fraction of sp³-hybridized carbons (Fsp3) is 0.386. The summed E-state index contributed by atoms with van der Waals surface area (Å²) in [5.74, 6) is -1.000. The second-order valence-electron chi connectivity index (χ2n) is 16.7. The lowest BCUT2D eigenvalue weighted by molar-refractivity contribution is -0.123. The van der Waals surface area contributed by atoms with E-state index in [-0.39, 0.29) is 48.3 Å². The summed E-state index contributed by atoms with van der Waals surface area (Å²) in [6.45, 7) is 10.5. The van der Waals surface area contributed by atoms with Gasteiger partial charge >= 0.3 is 6.03 Å². The molecule has 10 rings (SSSR count). The molecule has 2 aromatic carbocycles. The third-order valence-electron chi connectivity index (χ3n) is 12.8. The Kier molecular flexibility index (Phi) is 9.99. The van der Waals surface area contributed by atoms with Crippen molar-refractivity contribution in [2.75, 3.05) is 62.6 Å². The number of anilines is 2. The second kappa shape index (κ2) is 15.8. The topological polar surface area (TPSA) is 173 Å². The van der Waals surface area contributed by atoms with Crippen LogP contribution in [0.15, 0.2) is 73.1 Å². The van der Waals surface area contributed by atoms with E-state index in [1.807, 2.05) is 46.6 Å². The van der Waals surface area contributed by atoms with Gasteiger partial charge in [0.15, 0.2) is 0 Å². The number of carbonyl (C=O) groups excluding carboxylic acids is 5. The van der Waals surface area contributed by atoms with Gasteiger partial charge < -0.3 is 20.1 Å². The number of imide groups is 1. The molecule has 3 aromatic heterocycles. The number of rotatable bonds is 9. The third kappa shape index (κ3) is 7.59.